The van der Waals surface area contributed by atoms with Crippen molar-refractivity contribution in [2.45, 2.75) is 0 Å². The molecule has 6 nitrogen and oxygen atoms in total. The first-order valence-corrected chi connectivity index (χ1v) is 1.39. The van der Waals surface area contributed by atoms with Gasteiger partial charge in [0.05, 0.1) is 0 Å². The van der Waals surface area contributed by atoms with Crippen molar-refractivity contribution in [3.63, 3.8) is 0 Å². The SMILES string of the molecule is C=O.C=O.O=C=O.[C-]#[O+].[C-]#[O+]. The van der Waals surface area contributed by atoms with Gasteiger partial charge in [0.25, 0.3) is 0 Å². The van der Waals surface area contributed by atoms with Crippen molar-refractivity contribution >= 4 is 19.7 Å². The van der Waals surface area contributed by atoms with Crippen molar-refractivity contribution < 1.29 is 28.5 Å². The molecule has 0 spiro atoms. The Morgan fingerprint density at radius 1 is 0.818 bits per heavy atom. The number of carbonyl (C=O) groups is 2. The van der Waals surface area contributed by atoms with Gasteiger partial charge in [-0.3, -0.25) is 0 Å². The molecule has 0 bridgehead atoms. The van der Waals surface area contributed by atoms with Crippen LogP contribution in [0.5, 0.6) is 0 Å². The summed E-state index contributed by atoms with van der Waals surface area (Å²) in [6.45, 7) is 13.0. The van der Waals surface area contributed by atoms with Crippen molar-refractivity contribution in [3.05, 3.63) is 13.3 Å². The van der Waals surface area contributed by atoms with Gasteiger partial charge in [-0.2, -0.15) is 9.59 Å². The Kier molecular flexibility index (Phi) is 2120. The zero-order valence-corrected chi connectivity index (χ0v) is 5.36. The van der Waals surface area contributed by atoms with Gasteiger partial charge in [-0.05, 0) is 0 Å². The molecule has 0 aliphatic heterocycles. The third kappa shape index (κ3) is 97.3. The first-order chi connectivity index (χ1) is 5.41. The molecule has 0 atom stereocenters. The van der Waals surface area contributed by atoms with Crippen molar-refractivity contribution in [1.29, 1.82) is 0 Å². The first kappa shape index (κ1) is 35.1. The quantitative estimate of drug-likeness (QED) is 0.333. The number of rotatable bonds is 0. The van der Waals surface area contributed by atoms with E-state index in [2.05, 4.69) is 13.3 Å². The molecule has 0 aromatic rings. The maximum atomic E-state index is 8.12. The van der Waals surface area contributed by atoms with E-state index in [1.54, 1.807) is 0 Å². The molecule has 11 heavy (non-hydrogen) atoms. The molecule has 0 saturated carbocycles. The predicted molar refractivity (Wildman–Crippen MR) is 27.1 cm³/mol. The third-order valence-corrected chi connectivity index (χ3v) is 0. The van der Waals surface area contributed by atoms with E-state index in [-0.39, 0.29) is 6.15 Å². The standard InChI is InChI=1S/CO2.2CH2O.2CO/c2-1-3;4*1-2/h;2*1H2;;. The van der Waals surface area contributed by atoms with Gasteiger partial charge in [0, 0.05) is 0 Å². The zero-order chi connectivity index (χ0) is 10.7. The Balaban J connectivity index is -0.0000000139. The molecule has 0 aromatic carbocycles. The normalized spacial score (nSPS) is 1.82. The molecular weight excluding hydrogens is 156 g/mol. The van der Waals surface area contributed by atoms with Crippen molar-refractivity contribution in [2.24, 2.45) is 0 Å². The fraction of sp³-hybridized carbons (Fsp3) is 0. The minimum atomic E-state index is 0.250. The van der Waals surface area contributed by atoms with Crippen LogP contribution in [0.15, 0.2) is 0 Å². The zero-order valence-electron chi connectivity index (χ0n) is 5.36. The average Bonchev–Trinajstić information content (AvgIpc) is 2.18. The van der Waals surface area contributed by atoms with Gasteiger partial charge in [0.1, 0.15) is 13.6 Å². The van der Waals surface area contributed by atoms with Gasteiger partial charge in [0.15, 0.2) is 0 Å². The molecule has 0 aliphatic carbocycles. The van der Waals surface area contributed by atoms with E-state index in [1.165, 1.54) is 0 Å². The van der Waals surface area contributed by atoms with Crippen LogP contribution in [-0.4, -0.2) is 19.7 Å². The Morgan fingerprint density at radius 2 is 0.818 bits per heavy atom. The first-order valence-electron chi connectivity index (χ1n) is 1.39. The molecule has 0 fully saturated rings. The molecular formula is C5H4O6. The number of hydrogen-bond acceptors (Lipinski definition) is 4. The van der Waals surface area contributed by atoms with E-state index in [4.69, 9.17) is 28.5 Å². The van der Waals surface area contributed by atoms with Crippen LogP contribution >= 0.6 is 0 Å². The van der Waals surface area contributed by atoms with Crippen molar-refractivity contribution in [2.75, 3.05) is 0 Å². The Bertz CT molecular complexity index is 90.0. The van der Waals surface area contributed by atoms with Crippen LogP contribution < -0.4 is 0 Å². The van der Waals surface area contributed by atoms with Crippen LogP contribution in [0.25, 0.3) is 0 Å². The van der Waals surface area contributed by atoms with Crippen molar-refractivity contribution in [3.8, 4) is 0 Å². The monoisotopic (exact) mass is 160 g/mol. The molecule has 0 heterocycles. The second-order valence-corrected chi connectivity index (χ2v) is 0.0833. The van der Waals surface area contributed by atoms with Crippen LogP contribution in [0.3, 0.4) is 0 Å². The summed E-state index contributed by atoms with van der Waals surface area (Å²) in [6, 6.07) is 0. The van der Waals surface area contributed by atoms with Crippen LogP contribution in [0.2, 0.25) is 0 Å². The summed E-state index contributed by atoms with van der Waals surface area (Å²) in [6.07, 6.45) is 0.250. The van der Waals surface area contributed by atoms with E-state index in [0.717, 1.165) is 0 Å². The van der Waals surface area contributed by atoms with Gasteiger partial charge in [-0.15, -0.1) is 0 Å². The van der Waals surface area contributed by atoms with Gasteiger partial charge in [-0.25, -0.2) is 0 Å². The van der Waals surface area contributed by atoms with Crippen LogP contribution in [-0.2, 0) is 28.5 Å². The fourth-order valence-electron chi connectivity index (χ4n) is 0. The molecule has 0 N–H and O–H groups in total. The summed E-state index contributed by atoms with van der Waals surface area (Å²) in [5, 5.41) is 0. The molecule has 6 heteroatoms. The van der Waals surface area contributed by atoms with Gasteiger partial charge in [-0.1, -0.05) is 0 Å². The molecule has 0 aromatic heterocycles. The fourth-order valence-corrected chi connectivity index (χ4v) is 0. The molecule has 0 amide bonds. The van der Waals surface area contributed by atoms with Gasteiger partial charge >= 0.3 is 28.8 Å². The van der Waals surface area contributed by atoms with E-state index in [1.807, 2.05) is 13.6 Å². The van der Waals surface area contributed by atoms with Crippen LogP contribution in [0.4, 0.5) is 0 Å². The Morgan fingerprint density at radius 3 is 0.818 bits per heavy atom. The van der Waals surface area contributed by atoms with Crippen LogP contribution in [0, 0.1) is 13.3 Å². The Labute approximate surface area is 62.6 Å². The average molecular weight is 160 g/mol. The summed E-state index contributed by atoms with van der Waals surface area (Å²) in [5.41, 5.74) is 0. The number of hydrogen-bond donors (Lipinski definition) is 0. The maximum absolute atomic E-state index is 8.12. The van der Waals surface area contributed by atoms with Crippen LogP contribution in [0.1, 0.15) is 0 Å². The number of carbonyl (C=O) groups excluding carboxylic acids is 4. The van der Waals surface area contributed by atoms with E-state index < -0.39 is 0 Å². The molecule has 0 aliphatic rings. The van der Waals surface area contributed by atoms with E-state index >= 15 is 0 Å². The van der Waals surface area contributed by atoms with E-state index in [0.29, 0.717) is 0 Å². The second-order valence-electron chi connectivity index (χ2n) is 0.0833. The topological polar surface area (TPSA) is 108 Å². The minimum absolute atomic E-state index is 0.250. The molecule has 0 saturated heterocycles. The molecule has 60 valence electrons. The Hall–Kier alpha value is -1.80. The molecule has 0 rings (SSSR count). The third-order valence-electron chi connectivity index (χ3n) is 0. The van der Waals surface area contributed by atoms with Gasteiger partial charge in [0.2, 0.25) is 0 Å². The second kappa shape index (κ2) is 664. The predicted octanol–water partition coefficient (Wildman–Crippen LogP) is -1.03. The summed E-state index contributed by atoms with van der Waals surface area (Å²) in [4.78, 5) is 32.2. The molecule has 0 radical (unpaired) electrons. The van der Waals surface area contributed by atoms with Crippen molar-refractivity contribution in [1.82, 2.24) is 0 Å². The van der Waals surface area contributed by atoms with Gasteiger partial charge < -0.3 is 9.59 Å². The summed E-state index contributed by atoms with van der Waals surface area (Å²) in [5.74, 6) is 0. The summed E-state index contributed by atoms with van der Waals surface area (Å²) >= 11 is 0. The summed E-state index contributed by atoms with van der Waals surface area (Å²) in [7, 11) is 0. The molecule has 0 unspecified atom stereocenters. The van der Waals surface area contributed by atoms with E-state index in [9.17, 15) is 0 Å². The summed E-state index contributed by atoms with van der Waals surface area (Å²) < 4.78 is 15.0.